The minimum atomic E-state index is 0.206. The first-order valence-corrected chi connectivity index (χ1v) is 8.35. The fourth-order valence-electron chi connectivity index (χ4n) is 2.37. The third-order valence-electron chi connectivity index (χ3n) is 3.83. The minimum absolute atomic E-state index is 0.206. The van der Waals surface area contributed by atoms with Crippen LogP contribution in [0.25, 0.3) is 0 Å². The highest BCUT2D eigenvalue weighted by Crippen LogP contribution is 2.31. The molecule has 0 aromatic heterocycles. The van der Waals surface area contributed by atoms with Crippen molar-refractivity contribution in [3.05, 3.63) is 58.7 Å². The van der Waals surface area contributed by atoms with E-state index < -0.39 is 0 Å². The lowest BCUT2D eigenvalue weighted by molar-refractivity contribution is 0.589. The summed E-state index contributed by atoms with van der Waals surface area (Å²) in [6, 6.07) is 12.8. The summed E-state index contributed by atoms with van der Waals surface area (Å²) in [6.45, 7) is 11.3. The first-order chi connectivity index (χ1) is 9.77. The molecule has 0 saturated heterocycles. The summed E-state index contributed by atoms with van der Waals surface area (Å²) in [5, 5.41) is 0. The SMILES string of the molecule is Cc1cc(C(C)(C)C)cc(C)c1CSc1ccc(N)cc1. The Labute approximate surface area is 133 Å². The third-order valence-corrected chi connectivity index (χ3v) is 4.86. The highest BCUT2D eigenvalue weighted by molar-refractivity contribution is 7.98. The van der Waals surface area contributed by atoms with Crippen molar-refractivity contribution < 1.29 is 0 Å². The Bertz CT molecular complexity index is 598. The topological polar surface area (TPSA) is 26.0 Å². The minimum Gasteiger partial charge on any atom is -0.399 e. The Kier molecular flexibility index (Phi) is 4.67. The molecule has 2 N–H and O–H groups in total. The largest absolute Gasteiger partial charge is 0.399 e. The number of rotatable bonds is 3. The predicted molar refractivity (Wildman–Crippen MR) is 95.0 cm³/mol. The van der Waals surface area contributed by atoms with Crippen molar-refractivity contribution in [3.8, 4) is 0 Å². The number of anilines is 1. The molecule has 0 amide bonds. The van der Waals surface area contributed by atoms with Crippen molar-refractivity contribution in [1.29, 1.82) is 0 Å². The fraction of sp³-hybridized carbons (Fsp3) is 0.368. The number of aryl methyl sites for hydroxylation is 2. The van der Waals surface area contributed by atoms with Gasteiger partial charge < -0.3 is 5.73 Å². The number of hydrogen-bond donors (Lipinski definition) is 1. The van der Waals surface area contributed by atoms with Gasteiger partial charge in [0.1, 0.15) is 0 Å². The van der Waals surface area contributed by atoms with Gasteiger partial charge in [-0.1, -0.05) is 32.9 Å². The van der Waals surface area contributed by atoms with Crippen LogP contribution in [0.2, 0.25) is 0 Å². The van der Waals surface area contributed by atoms with Crippen LogP contribution >= 0.6 is 11.8 Å². The van der Waals surface area contributed by atoms with Gasteiger partial charge in [0.15, 0.2) is 0 Å². The molecule has 0 unspecified atom stereocenters. The van der Waals surface area contributed by atoms with Crippen LogP contribution in [0.15, 0.2) is 41.3 Å². The van der Waals surface area contributed by atoms with E-state index in [1.807, 2.05) is 23.9 Å². The molecule has 0 bridgehead atoms. The second kappa shape index (κ2) is 6.15. The zero-order valence-electron chi connectivity index (χ0n) is 13.7. The summed E-state index contributed by atoms with van der Waals surface area (Å²) < 4.78 is 0. The monoisotopic (exact) mass is 299 g/mol. The van der Waals surface area contributed by atoms with Crippen LogP contribution in [0, 0.1) is 13.8 Å². The Balaban J connectivity index is 2.19. The maximum Gasteiger partial charge on any atom is 0.0314 e. The quantitative estimate of drug-likeness (QED) is 0.600. The zero-order chi connectivity index (χ0) is 15.6. The molecule has 0 fully saturated rings. The lowest BCUT2D eigenvalue weighted by Crippen LogP contribution is -2.12. The smallest absolute Gasteiger partial charge is 0.0314 e. The molecule has 0 heterocycles. The highest BCUT2D eigenvalue weighted by atomic mass is 32.2. The van der Waals surface area contributed by atoms with Gasteiger partial charge in [-0.3, -0.25) is 0 Å². The van der Waals surface area contributed by atoms with E-state index >= 15 is 0 Å². The van der Waals surface area contributed by atoms with Gasteiger partial charge in [-0.2, -0.15) is 0 Å². The molecule has 0 radical (unpaired) electrons. The molecule has 2 aromatic rings. The van der Waals surface area contributed by atoms with Crippen molar-refractivity contribution in [1.82, 2.24) is 0 Å². The molecule has 1 nitrogen and oxygen atoms in total. The Morgan fingerprint density at radius 2 is 1.48 bits per heavy atom. The fourth-order valence-corrected chi connectivity index (χ4v) is 3.47. The molecule has 112 valence electrons. The summed E-state index contributed by atoms with van der Waals surface area (Å²) >= 11 is 1.87. The van der Waals surface area contributed by atoms with E-state index in [4.69, 9.17) is 5.73 Å². The first kappa shape index (κ1) is 16.0. The summed E-state index contributed by atoms with van der Waals surface area (Å²) in [5.41, 5.74) is 12.4. The van der Waals surface area contributed by atoms with Gasteiger partial charge in [-0.15, -0.1) is 11.8 Å². The van der Waals surface area contributed by atoms with Crippen LogP contribution in [0.3, 0.4) is 0 Å². The Hall–Kier alpha value is -1.41. The van der Waals surface area contributed by atoms with E-state index in [1.54, 1.807) is 0 Å². The van der Waals surface area contributed by atoms with Crippen LogP contribution in [-0.2, 0) is 11.2 Å². The molecule has 0 atom stereocenters. The van der Waals surface area contributed by atoms with Gasteiger partial charge in [0.25, 0.3) is 0 Å². The van der Waals surface area contributed by atoms with Crippen molar-refractivity contribution in [2.75, 3.05) is 5.73 Å². The highest BCUT2D eigenvalue weighted by Gasteiger charge is 2.16. The van der Waals surface area contributed by atoms with Crippen LogP contribution in [-0.4, -0.2) is 0 Å². The van der Waals surface area contributed by atoms with Gasteiger partial charge in [-0.05, 0) is 65.8 Å². The maximum atomic E-state index is 5.73. The first-order valence-electron chi connectivity index (χ1n) is 7.36. The van der Waals surface area contributed by atoms with Crippen LogP contribution in [0.5, 0.6) is 0 Å². The Morgan fingerprint density at radius 1 is 0.952 bits per heavy atom. The number of nitrogen functional groups attached to an aromatic ring is 1. The van der Waals surface area contributed by atoms with E-state index in [0.717, 1.165) is 11.4 Å². The standard InChI is InChI=1S/C19H25NS/c1-13-10-15(19(3,4)5)11-14(2)18(13)12-21-17-8-6-16(20)7-9-17/h6-11H,12,20H2,1-5H3. The van der Waals surface area contributed by atoms with Gasteiger partial charge in [0.2, 0.25) is 0 Å². The average Bonchev–Trinajstić information content (AvgIpc) is 2.38. The lowest BCUT2D eigenvalue weighted by Gasteiger charge is -2.22. The predicted octanol–water partition coefficient (Wildman–Crippen LogP) is 5.48. The molecule has 0 aliphatic heterocycles. The zero-order valence-corrected chi connectivity index (χ0v) is 14.5. The normalized spacial score (nSPS) is 11.7. The number of benzene rings is 2. The number of hydrogen-bond acceptors (Lipinski definition) is 2. The third kappa shape index (κ3) is 4.04. The second-order valence-electron chi connectivity index (χ2n) is 6.70. The van der Waals surface area contributed by atoms with E-state index in [0.29, 0.717) is 0 Å². The average molecular weight is 299 g/mol. The van der Waals surface area contributed by atoms with Crippen molar-refractivity contribution in [2.45, 2.75) is 50.7 Å². The molecule has 2 aromatic carbocycles. The molecular formula is C19H25NS. The molecule has 0 saturated carbocycles. The van der Waals surface area contributed by atoms with E-state index in [2.05, 4.69) is 58.9 Å². The van der Waals surface area contributed by atoms with Gasteiger partial charge in [-0.25, -0.2) is 0 Å². The molecule has 21 heavy (non-hydrogen) atoms. The van der Waals surface area contributed by atoms with Crippen LogP contribution in [0.1, 0.15) is 43.0 Å². The molecular weight excluding hydrogens is 274 g/mol. The summed E-state index contributed by atoms with van der Waals surface area (Å²) in [5.74, 6) is 1.01. The summed E-state index contributed by atoms with van der Waals surface area (Å²) in [4.78, 5) is 1.27. The van der Waals surface area contributed by atoms with Gasteiger partial charge in [0, 0.05) is 16.3 Å². The maximum absolute atomic E-state index is 5.73. The van der Waals surface area contributed by atoms with Gasteiger partial charge in [0.05, 0.1) is 0 Å². The van der Waals surface area contributed by atoms with E-state index in [-0.39, 0.29) is 5.41 Å². The molecule has 2 heteroatoms. The summed E-state index contributed by atoms with van der Waals surface area (Å²) in [7, 11) is 0. The molecule has 0 aliphatic rings. The molecule has 0 spiro atoms. The van der Waals surface area contributed by atoms with Gasteiger partial charge >= 0.3 is 0 Å². The van der Waals surface area contributed by atoms with Crippen molar-refractivity contribution in [3.63, 3.8) is 0 Å². The van der Waals surface area contributed by atoms with Crippen LogP contribution in [0.4, 0.5) is 5.69 Å². The Morgan fingerprint density at radius 3 is 1.95 bits per heavy atom. The lowest BCUT2D eigenvalue weighted by atomic mass is 9.84. The number of thioether (sulfide) groups is 1. The summed E-state index contributed by atoms with van der Waals surface area (Å²) in [6.07, 6.45) is 0. The second-order valence-corrected chi connectivity index (χ2v) is 7.75. The molecule has 0 aliphatic carbocycles. The molecule has 2 rings (SSSR count). The number of nitrogens with two attached hydrogens (primary N) is 1. The van der Waals surface area contributed by atoms with E-state index in [9.17, 15) is 0 Å². The van der Waals surface area contributed by atoms with Crippen LogP contribution < -0.4 is 5.73 Å². The van der Waals surface area contributed by atoms with Crippen molar-refractivity contribution >= 4 is 17.4 Å². The van der Waals surface area contributed by atoms with Crippen molar-refractivity contribution in [2.24, 2.45) is 0 Å². The van der Waals surface area contributed by atoms with E-state index in [1.165, 1.54) is 27.1 Å².